The summed E-state index contributed by atoms with van der Waals surface area (Å²) in [6.07, 6.45) is -28.1. The number of aliphatic hydroxyl groups is 6. The van der Waals surface area contributed by atoms with Crippen molar-refractivity contribution in [2.75, 3.05) is 26.4 Å². The zero-order valence-electron chi connectivity index (χ0n) is 81.9. The smallest absolute Gasteiger partial charge is 0.471 e. The van der Waals surface area contributed by atoms with Gasteiger partial charge in [-0.05, 0) is 114 Å². The predicted molar refractivity (Wildman–Crippen MR) is 502 cm³/mol. The zero-order valence-corrected chi connectivity index (χ0v) is 89.0. The average Bonchev–Trinajstić information content (AvgIpc) is 0.754. The first kappa shape index (κ1) is 110. The maximum atomic E-state index is 12.6. The molecule has 2 aromatic carbocycles. The molecule has 2 aromatic rings. The highest BCUT2D eigenvalue weighted by Crippen LogP contribution is 2.48. The van der Waals surface area contributed by atoms with Crippen molar-refractivity contribution in [1.82, 2.24) is 10.6 Å². The van der Waals surface area contributed by atoms with Crippen LogP contribution in [0.5, 0.6) is 0 Å². The number of nitrogens with one attached hydrogen (secondary N) is 2. The van der Waals surface area contributed by atoms with Gasteiger partial charge in [0.1, 0.15) is 85.3 Å². The Morgan fingerprint density at radius 1 is 0.361 bits per heavy atom. The van der Waals surface area contributed by atoms with Crippen LogP contribution in [0.4, 0.5) is 0 Å². The number of fused-ring (bicyclic) bond motifs is 1. The molecule has 50 atom stereocenters. The molecule has 133 heavy (non-hydrogen) atoms. The van der Waals surface area contributed by atoms with Crippen LogP contribution in [0.3, 0.4) is 0 Å². The van der Waals surface area contributed by atoms with Gasteiger partial charge in [-0.1, -0.05) is 158 Å². The standard InChI is InChI=1S/C49H78NO16.C46H74NO16.2Al.2HI.2H/c1-22-24(3)34(20-55-19-33-17-15-14-16-18-33)61-45(26(22)5)62-39-27(6)30(9)57-46(37(39)52)64-41-25(4)23(2)29(8)59-48(41)63-40-28(7)31(10)58-47(38(40)53)65-43-36(50-32(11)51)44(54)60-35-21-56-49(12,13)66-42(35)43;1-20-22(3)33(19-54-18-31-15-13-12-14-16-31)59-43(24(20)5)60-38-25(6)28(9)55-44(36(38)51)62-40-23(4)21(2)27(8)57-46(40)61-39-26(7)29(10)56-45(37(39)52)63-41-34(47-30(11)49)42(53)58-32(17-48)35(41)50;;;;;;/h14-18,22-31,34-48,52-53H,19-21H2,1-13H3,(H,50,51);12-16,20-29,32-46,48,50-52H,17-19H2,1-11H3,(H,47,49);;;2*1H;;/q2*-1;2*+2;;;;/p-2/t22?,23-,24+,25+,26?,27+,28+,29?,30?,31?,34+,35?,36?,37?,38?,39+,40+,41?,42-,43-,44-,45-,46+,47+,48+;20?,21-,22+,23+,24?,25+,26+,27?,28?,29?,32?,33+,34?,35-,36?,37?,38+,39+,40?,41-,42-,43-,44+,45+,46+;;;;;;/m11....../s1. The lowest BCUT2D eigenvalue weighted by molar-refractivity contribution is -0.395. The van der Waals surface area contributed by atoms with E-state index in [0.29, 0.717) is 26.4 Å². The van der Waals surface area contributed by atoms with Crippen LogP contribution < -0.4 is 10.6 Å². The van der Waals surface area contributed by atoms with Crippen LogP contribution in [0.25, 0.3) is 0 Å². The van der Waals surface area contributed by atoms with E-state index in [2.05, 4.69) is 113 Å². The van der Waals surface area contributed by atoms with Crippen LogP contribution in [0.2, 0.25) is 0 Å². The molecule has 11 saturated heterocycles. The minimum Gasteiger partial charge on any atom is -0.471 e. The maximum absolute atomic E-state index is 12.6. The van der Waals surface area contributed by atoms with Crippen molar-refractivity contribution in [3.8, 4) is 0 Å². The van der Waals surface area contributed by atoms with E-state index in [4.69, 9.17) is 112 Å². The fourth-order valence-electron chi connectivity index (χ4n) is 20.3. The van der Waals surface area contributed by atoms with Crippen molar-refractivity contribution < 1.29 is 152 Å². The van der Waals surface area contributed by atoms with Gasteiger partial charge in [0, 0.05) is 49.4 Å². The van der Waals surface area contributed by atoms with Crippen molar-refractivity contribution in [3.05, 3.63) is 71.8 Å². The van der Waals surface area contributed by atoms with Crippen LogP contribution in [0.1, 0.15) is 177 Å². The maximum Gasteiger partial charge on any atom is 0.527 e. The molecule has 756 valence electrons. The first-order chi connectivity index (χ1) is 63.0. The number of hydrogen-bond donors (Lipinski definition) is 8. The molecule has 11 heterocycles. The summed E-state index contributed by atoms with van der Waals surface area (Å²) in [5, 5.41) is 75.8. The highest BCUT2D eigenvalue weighted by molar-refractivity contribution is 14.1. The van der Waals surface area contributed by atoms with E-state index in [1.807, 2.05) is 137 Å². The third kappa shape index (κ3) is 26.5. The Balaban J connectivity index is 0.000000240. The van der Waals surface area contributed by atoms with Gasteiger partial charge in [0.2, 0.25) is 11.8 Å². The molecule has 0 saturated carbocycles. The van der Waals surface area contributed by atoms with E-state index in [1.165, 1.54) is 13.8 Å². The van der Waals surface area contributed by atoms with E-state index in [0.717, 1.165) is 11.1 Å². The molecule has 11 aliphatic rings. The van der Waals surface area contributed by atoms with Crippen LogP contribution in [0, 0.1) is 82.9 Å². The topological polar surface area (TPSA) is 401 Å². The van der Waals surface area contributed by atoms with Gasteiger partial charge < -0.3 is 153 Å². The number of hydrogen-bond acceptors (Lipinski definition) is 32. The first-order valence-corrected chi connectivity index (χ1v) is 59.7. The Bertz CT molecular complexity index is 3860. The molecular weight excluding hydrogens is 1990 g/mol. The summed E-state index contributed by atoms with van der Waals surface area (Å²) in [6.45, 7) is 48.5. The summed E-state index contributed by atoms with van der Waals surface area (Å²) in [4.78, 5) is 25.0. The lowest BCUT2D eigenvalue weighted by Gasteiger charge is -2.53. The van der Waals surface area contributed by atoms with Gasteiger partial charge in [-0.2, -0.15) is 40.5 Å². The fourth-order valence-corrected chi connectivity index (χ4v) is 23.2. The Morgan fingerprint density at radius 3 is 1.04 bits per heavy atom. The Kier molecular flexibility index (Phi) is 41.1. The second-order valence-electron chi connectivity index (χ2n) is 40.2. The summed E-state index contributed by atoms with van der Waals surface area (Å²) in [6, 6.07) is 18.3. The molecule has 0 radical (unpaired) electrons. The van der Waals surface area contributed by atoms with Crippen molar-refractivity contribution in [3.63, 3.8) is 0 Å². The highest BCUT2D eigenvalue weighted by atomic mass is 127. The van der Waals surface area contributed by atoms with Gasteiger partial charge in [0.05, 0.1) is 113 Å². The van der Waals surface area contributed by atoms with Crippen LogP contribution in [0.15, 0.2) is 60.7 Å². The molecule has 13 rings (SSSR count). The van der Waals surface area contributed by atoms with Gasteiger partial charge in [-0.15, -0.1) is 0 Å². The van der Waals surface area contributed by atoms with E-state index in [9.17, 15) is 40.2 Å². The van der Waals surface area contributed by atoms with E-state index >= 15 is 0 Å². The van der Waals surface area contributed by atoms with E-state index in [1.54, 1.807) is 13.8 Å². The van der Waals surface area contributed by atoms with Gasteiger partial charge in [0.25, 0.3) is 0 Å². The zero-order chi connectivity index (χ0) is 96.8. The lowest BCUT2D eigenvalue weighted by Crippen LogP contribution is -2.70. The third-order valence-electron chi connectivity index (χ3n) is 31.1. The number of benzene rings is 2. The molecule has 0 bridgehead atoms. The summed E-state index contributed by atoms with van der Waals surface area (Å²) < 4.78 is 155. The van der Waals surface area contributed by atoms with Gasteiger partial charge in [-0.3, -0.25) is 9.59 Å². The van der Waals surface area contributed by atoms with Crippen LogP contribution in [-0.4, -0.2) is 321 Å². The number of aliphatic hydroxyl groups excluding tert-OH is 6. The summed E-state index contributed by atoms with van der Waals surface area (Å²) in [5.74, 6) is -2.08. The largest absolute Gasteiger partial charge is 0.527 e. The minimum atomic E-state index is -1.42. The second-order valence-corrected chi connectivity index (χ2v) is 45.0. The second kappa shape index (κ2) is 49.5. The minimum absolute atomic E-state index is 0.0120. The SMILES string of the molecule is CC(=O)NC1[C@H]([O][AlH][I])OC(CO)[C@@H](O)[C@@H]1O[C@@H]1OC(C)[C@H](C)[C@H](O[C@@H]2OC(C)[C@H](C)[C@H](C)C2O[C@@H]2OC(C)[C@H](C)[C@H](O[C@H]3O[C@@H](COCc4ccccc4)[C@@H](C)C(C)C3C)C2O)C1O.CC(=O)NC1[C@H]([O][AlH][I])OC2COC(C)(C)O[C@H]2[C@@H]1O[C@@H]1OC(C)[C@H](C)[C@H](O[C@@H]2OC(C)[C@H](C)[C@H](C)C2O[C@@H]2OC(C)[C@H](C)[C@H](O[C@H]3O[C@@H](COCc4ccccc4)[C@@H](C)C(C)C3C)C2O)C1O. The number of carbonyl (C=O) groups excluding carboxylic acids is 2. The fraction of sp³-hybridized carbons (Fsp3) is 0.853. The Morgan fingerprint density at radius 2 is 0.677 bits per heavy atom. The predicted octanol–water partition coefficient (Wildman–Crippen LogP) is 8.16. The molecule has 34 nitrogen and oxygen atoms in total. The highest BCUT2D eigenvalue weighted by Gasteiger charge is 2.60. The van der Waals surface area contributed by atoms with E-state index in [-0.39, 0.29) is 132 Å². The number of rotatable bonds is 31. The molecule has 2 amide bonds. The van der Waals surface area contributed by atoms with E-state index < -0.39 is 228 Å². The number of halogens is 2. The molecule has 8 N–H and O–H groups in total. The van der Waals surface area contributed by atoms with Crippen molar-refractivity contribution in [2.45, 2.75) is 407 Å². The molecule has 38 heteroatoms. The van der Waals surface area contributed by atoms with Gasteiger partial charge in [-0.25, -0.2) is 0 Å². The molecule has 0 aliphatic carbocycles. The summed E-state index contributed by atoms with van der Waals surface area (Å²) in [7, 11) is 0. The molecular formula is C95H154Al2I2N2O32. The molecule has 11 aliphatic heterocycles. The average molecular weight is 2140 g/mol. The normalized spacial score (nSPS) is 47.3. The summed E-state index contributed by atoms with van der Waals surface area (Å²) >= 11 is 2.19. The molecule has 0 aromatic heterocycles. The Labute approximate surface area is 821 Å². The first-order valence-electron chi connectivity index (χ1n) is 48.3. The van der Waals surface area contributed by atoms with Crippen LogP contribution in [-0.2, 0) is 135 Å². The molecule has 11 fully saturated rings. The third-order valence-corrected chi connectivity index (χ3v) is 34.2. The number of amides is 2. The molecule has 20 unspecified atom stereocenters. The molecule has 0 spiro atoms. The quantitative estimate of drug-likeness (QED) is 0.0260. The van der Waals surface area contributed by atoms with Crippen molar-refractivity contribution >= 4 is 76.9 Å². The van der Waals surface area contributed by atoms with Gasteiger partial charge in [0.15, 0.2) is 68.7 Å². The monoisotopic (exact) mass is 2140 g/mol. The van der Waals surface area contributed by atoms with Crippen molar-refractivity contribution in [1.29, 1.82) is 0 Å². The number of carbonyl (C=O) groups is 2. The summed E-state index contributed by atoms with van der Waals surface area (Å²) in [5.41, 5.74) is 2.18. The lowest BCUT2D eigenvalue weighted by atomic mass is 9.79. The van der Waals surface area contributed by atoms with Crippen LogP contribution >= 0.6 is 40.5 Å². The van der Waals surface area contributed by atoms with Crippen molar-refractivity contribution in [2.24, 2.45) is 82.9 Å². The number of ether oxygens (including phenoxy) is 22. The van der Waals surface area contributed by atoms with Gasteiger partial charge >= 0.3 is 24.5 Å². The Hall–Kier alpha value is -1.30.